The maximum atomic E-state index is 4.91. The number of allylic oxidation sites excluding steroid dienone is 9. The largest absolute Gasteiger partial charge is 0.504 e. The maximum absolute atomic E-state index is 4.91. The summed E-state index contributed by atoms with van der Waals surface area (Å²) in [5, 5.41) is 0. The molecule has 0 heterocycles. The van der Waals surface area contributed by atoms with Gasteiger partial charge < -0.3 is 4.74 Å². The molecule has 0 aromatic rings. The monoisotopic (exact) mass is 160 g/mol. The zero-order valence-electron chi connectivity index (χ0n) is 7.10. The quantitative estimate of drug-likeness (QED) is 0.536. The molecule has 1 heteroatoms. The number of methoxy groups -OCH3 is 1. The van der Waals surface area contributed by atoms with Crippen molar-refractivity contribution in [2.24, 2.45) is 0 Å². The van der Waals surface area contributed by atoms with Crippen LogP contribution in [-0.4, -0.2) is 7.11 Å². The number of hydrogen-bond acceptors (Lipinski definition) is 1. The Balaban J connectivity index is 2.81. The molecule has 0 aliphatic heterocycles. The van der Waals surface area contributed by atoms with Crippen molar-refractivity contribution in [2.75, 3.05) is 7.11 Å². The van der Waals surface area contributed by atoms with Crippen molar-refractivity contribution in [3.63, 3.8) is 0 Å². The Morgan fingerprint density at radius 1 is 0.917 bits per heavy atom. The van der Waals surface area contributed by atoms with Gasteiger partial charge in [0, 0.05) is 5.57 Å². The van der Waals surface area contributed by atoms with Crippen molar-refractivity contribution in [3.8, 4) is 0 Å². The van der Waals surface area contributed by atoms with Gasteiger partial charge in [0.05, 0.1) is 13.4 Å². The Bertz CT molecular complexity index is 241. The van der Waals surface area contributed by atoms with Crippen LogP contribution < -0.4 is 0 Å². The summed E-state index contributed by atoms with van der Waals surface area (Å²) in [5.41, 5.74) is 1.05. The fourth-order valence-corrected chi connectivity index (χ4v) is 0.860. The minimum absolute atomic E-state index is 1.05. The van der Waals surface area contributed by atoms with Gasteiger partial charge in [-0.05, 0) is 0 Å². The number of hydrogen-bond donors (Lipinski definition) is 0. The van der Waals surface area contributed by atoms with E-state index in [-0.39, 0.29) is 0 Å². The van der Waals surface area contributed by atoms with Crippen LogP contribution in [-0.2, 0) is 4.74 Å². The molecule has 0 atom stereocenters. The van der Waals surface area contributed by atoms with E-state index in [0.717, 1.165) is 5.57 Å². The molecule has 1 aliphatic carbocycles. The maximum Gasteiger partial charge on any atom is 0.0896 e. The smallest absolute Gasteiger partial charge is 0.0896 e. The third-order valence-electron chi connectivity index (χ3n) is 1.39. The molecule has 62 valence electrons. The normalized spacial score (nSPS) is 25.9. The van der Waals surface area contributed by atoms with E-state index in [9.17, 15) is 0 Å². The van der Waals surface area contributed by atoms with Crippen molar-refractivity contribution in [3.05, 3.63) is 60.4 Å². The van der Waals surface area contributed by atoms with Gasteiger partial charge in [-0.25, -0.2) is 0 Å². The van der Waals surface area contributed by atoms with E-state index in [0.29, 0.717) is 0 Å². The Hall–Kier alpha value is -1.50. The average molecular weight is 160 g/mol. The van der Waals surface area contributed by atoms with Crippen molar-refractivity contribution >= 4 is 0 Å². The zero-order chi connectivity index (χ0) is 8.65. The summed E-state index contributed by atoms with van der Waals surface area (Å²) in [6.45, 7) is 0. The number of ether oxygens (including phenoxy) is 1. The molecule has 0 amide bonds. The first kappa shape index (κ1) is 8.60. The summed E-state index contributed by atoms with van der Waals surface area (Å²) in [6.07, 6.45) is 17.6. The average Bonchev–Trinajstić information content (AvgIpc) is 2.19. The third-order valence-corrected chi connectivity index (χ3v) is 1.39. The lowest BCUT2D eigenvalue weighted by Gasteiger charge is -1.91. The van der Waals surface area contributed by atoms with Gasteiger partial charge in [-0.3, -0.25) is 0 Å². The van der Waals surface area contributed by atoms with Gasteiger partial charge in [0.25, 0.3) is 0 Å². The van der Waals surface area contributed by atoms with Crippen LogP contribution in [0, 0.1) is 0 Å². The predicted octanol–water partition coefficient (Wildman–Crippen LogP) is 2.76. The van der Waals surface area contributed by atoms with E-state index < -0.39 is 0 Å². The minimum atomic E-state index is 1.05. The SMILES string of the molecule is COC=C1\C=C/C=C\C=C/C=C\1. The van der Waals surface area contributed by atoms with Gasteiger partial charge in [-0.15, -0.1) is 0 Å². The Morgan fingerprint density at radius 3 is 1.92 bits per heavy atom. The molecule has 0 bridgehead atoms. The molecule has 0 aromatic carbocycles. The summed E-state index contributed by atoms with van der Waals surface area (Å²) >= 11 is 0. The molecule has 0 saturated carbocycles. The molecule has 0 N–H and O–H groups in total. The molecule has 0 aromatic heterocycles. The number of rotatable bonds is 1. The van der Waals surface area contributed by atoms with Crippen LogP contribution in [0.5, 0.6) is 0 Å². The lowest BCUT2D eigenvalue weighted by Crippen LogP contribution is -1.73. The predicted molar refractivity (Wildman–Crippen MR) is 51.7 cm³/mol. The fraction of sp³-hybridized carbons (Fsp3) is 0.0909. The molecule has 12 heavy (non-hydrogen) atoms. The highest BCUT2D eigenvalue weighted by Crippen LogP contribution is 2.01. The van der Waals surface area contributed by atoms with Gasteiger partial charge in [0.2, 0.25) is 0 Å². The highest BCUT2D eigenvalue weighted by atomic mass is 16.5. The molecular weight excluding hydrogens is 148 g/mol. The van der Waals surface area contributed by atoms with Gasteiger partial charge in [-0.2, -0.15) is 0 Å². The van der Waals surface area contributed by atoms with Crippen molar-refractivity contribution in [1.82, 2.24) is 0 Å². The van der Waals surface area contributed by atoms with E-state index in [2.05, 4.69) is 0 Å². The molecule has 0 spiro atoms. The second kappa shape index (κ2) is 5.19. The van der Waals surface area contributed by atoms with E-state index in [1.807, 2.05) is 48.6 Å². The molecule has 0 radical (unpaired) electrons. The van der Waals surface area contributed by atoms with Crippen molar-refractivity contribution in [1.29, 1.82) is 0 Å². The first-order valence-electron chi connectivity index (χ1n) is 3.84. The minimum Gasteiger partial charge on any atom is -0.504 e. The molecule has 0 unspecified atom stereocenters. The van der Waals surface area contributed by atoms with Gasteiger partial charge in [-0.1, -0.05) is 48.6 Å². The molecule has 1 rings (SSSR count). The van der Waals surface area contributed by atoms with Crippen LogP contribution in [0.4, 0.5) is 0 Å². The standard InChI is InChI=1S/C11H12O/c1-12-10-11-8-6-4-2-3-5-7-9-11/h2-10H,1H3/b4-2-,5-3-,8-6-,9-7-. The van der Waals surface area contributed by atoms with Gasteiger partial charge >= 0.3 is 0 Å². The molecule has 1 nitrogen and oxygen atoms in total. The lowest BCUT2D eigenvalue weighted by atomic mass is 10.2. The summed E-state index contributed by atoms with van der Waals surface area (Å²) in [4.78, 5) is 0. The van der Waals surface area contributed by atoms with Crippen LogP contribution >= 0.6 is 0 Å². The third kappa shape index (κ3) is 3.06. The van der Waals surface area contributed by atoms with Crippen LogP contribution in [0.1, 0.15) is 0 Å². The summed E-state index contributed by atoms with van der Waals surface area (Å²) in [7, 11) is 1.65. The highest BCUT2D eigenvalue weighted by molar-refractivity contribution is 5.34. The van der Waals surface area contributed by atoms with Crippen LogP contribution in [0.25, 0.3) is 0 Å². The van der Waals surface area contributed by atoms with E-state index >= 15 is 0 Å². The van der Waals surface area contributed by atoms with Crippen molar-refractivity contribution < 1.29 is 4.74 Å². The molecule has 1 aliphatic rings. The first-order valence-corrected chi connectivity index (χ1v) is 3.84. The zero-order valence-corrected chi connectivity index (χ0v) is 7.10. The first-order chi connectivity index (χ1) is 5.93. The highest BCUT2D eigenvalue weighted by Gasteiger charge is 1.83. The van der Waals surface area contributed by atoms with Crippen molar-refractivity contribution in [2.45, 2.75) is 0 Å². The van der Waals surface area contributed by atoms with Crippen LogP contribution in [0.15, 0.2) is 60.4 Å². The fourth-order valence-electron chi connectivity index (χ4n) is 0.860. The Labute approximate surface area is 73.0 Å². The summed E-state index contributed by atoms with van der Waals surface area (Å²) in [5.74, 6) is 0. The van der Waals surface area contributed by atoms with Crippen LogP contribution in [0.2, 0.25) is 0 Å². The topological polar surface area (TPSA) is 9.23 Å². The molecule has 0 saturated heterocycles. The van der Waals surface area contributed by atoms with E-state index in [4.69, 9.17) is 4.74 Å². The summed E-state index contributed by atoms with van der Waals surface area (Å²) < 4.78 is 4.91. The summed E-state index contributed by atoms with van der Waals surface area (Å²) in [6, 6.07) is 0. The van der Waals surface area contributed by atoms with Gasteiger partial charge in [0.15, 0.2) is 0 Å². The second-order valence-corrected chi connectivity index (χ2v) is 2.34. The van der Waals surface area contributed by atoms with Crippen LogP contribution in [0.3, 0.4) is 0 Å². The van der Waals surface area contributed by atoms with E-state index in [1.165, 1.54) is 0 Å². The van der Waals surface area contributed by atoms with E-state index in [1.54, 1.807) is 13.4 Å². The Morgan fingerprint density at radius 2 is 1.42 bits per heavy atom. The molecule has 0 fully saturated rings. The molecular formula is C11H12O. The second-order valence-electron chi connectivity index (χ2n) is 2.34. The Kier molecular flexibility index (Phi) is 3.72. The van der Waals surface area contributed by atoms with Gasteiger partial charge in [0.1, 0.15) is 0 Å². The lowest BCUT2D eigenvalue weighted by molar-refractivity contribution is 0.336.